The van der Waals surface area contributed by atoms with Gasteiger partial charge in [0.05, 0.1) is 6.61 Å². The van der Waals surface area contributed by atoms with Crippen LogP contribution in [0, 0.1) is 0 Å². The number of Topliss-reactive ketones (excluding diaryl/α,β-unsaturated/α-hetero) is 1. The van der Waals surface area contributed by atoms with Crippen LogP contribution in [-0.2, 0) is 9.53 Å². The van der Waals surface area contributed by atoms with Crippen LogP contribution in [0.1, 0.15) is 17.3 Å². The summed E-state index contributed by atoms with van der Waals surface area (Å²) in [7, 11) is 0. The molecule has 0 amide bonds. The Labute approximate surface area is 125 Å². The third-order valence-electron chi connectivity index (χ3n) is 2.42. The van der Waals surface area contributed by atoms with Crippen molar-refractivity contribution in [1.29, 1.82) is 0 Å². The molecule has 0 bridgehead atoms. The second-order valence-corrected chi connectivity index (χ2v) is 4.72. The van der Waals surface area contributed by atoms with Gasteiger partial charge in [0.2, 0.25) is 16.6 Å². The molecule has 1 aromatic carbocycles. The maximum absolute atomic E-state index is 12.3. The first-order chi connectivity index (χ1) is 10.2. The molecule has 0 saturated heterocycles. The van der Waals surface area contributed by atoms with Gasteiger partial charge in [0.1, 0.15) is 0 Å². The van der Waals surface area contributed by atoms with Gasteiger partial charge in [-0.25, -0.2) is 9.78 Å². The average Bonchev–Trinajstić information content (AvgIpc) is 3.02. The third-order valence-corrected chi connectivity index (χ3v) is 3.09. The Balaban J connectivity index is 2.25. The number of hydrogen-bond acceptors (Lipinski definition) is 7. The molecular formula is C14H13N3O3S. The predicted octanol–water partition coefficient (Wildman–Crippen LogP) is 2.36. The lowest BCUT2D eigenvalue weighted by atomic mass is 10.1. The molecule has 6 nitrogen and oxygen atoms in total. The van der Waals surface area contributed by atoms with E-state index in [9.17, 15) is 9.59 Å². The van der Waals surface area contributed by atoms with Gasteiger partial charge in [-0.15, -0.1) is 11.3 Å². The van der Waals surface area contributed by atoms with E-state index in [2.05, 4.69) is 15.5 Å². The summed E-state index contributed by atoms with van der Waals surface area (Å²) in [6, 6.07) is 8.43. The molecular weight excluding hydrogens is 290 g/mol. The Morgan fingerprint density at radius 1 is 1.33 bits per heavy atom. The molecule has 2 rings (SSSR count). The van der Waals surface area contributed by atoms with Gasteiger partial charge >= 0.3 is 5.97 Å². The van der Waals surface area contributed by atoms with E-state index in [1.54, 1.807) is 48.8 Å². The summed E-state index contributed by atoms with van der Waals surface area (Å²) in [4.78, 5) is 28.2. The number of rotatable bonds is 6. The number of esters is 1. The topological polar surface area (TPSA) is 80.7 Å². The van der Waals surface area contributed by atoms with Crippen LogP contribution in [0.15, 0.2) is 47.0 Å². The van der Waals surface area contributed by atoms with Crippen molar-refractivity contribution >= 4 is 33.9 Å². The first kappa shape index (κ1) is 14.9. The summed E-state index contributed by atoms with van der Waals surface area (Å²) >= 11 is 1.30. The summed E-state index contributed by atoms with van der Waals surface area (Å²) in [6.45, 7) is 1.83. The quantitative estimate of drug-likeness (QED) is 0.291. The van der Waals surface area contributed by atoms with Crippen molar-refractivity contribution in [2.75, 3.05) is 12.0 Å². The molecule has 0 aliphatic carbocycles. The number of hydrogen-bond donors (Lipinski definition) is 1. The fourth-order valence-corrected chi connectivity index (χ4v) is 1.97. The number of benzene rings is 1. The molecule has 108 valence electrons. The highest BCUT2D eigenvalue weighted by Crippen LogP contribution is 2.11. The Hall–Kier alpha value is -2.54. The highest BCUT2D eigenvalue weighted by molar-refractivity contribution is 7.13. The van der Waals surface area contributed by atoms with Crippen molar-refractivity contribution in [2.24, 2.45) is 5.10 Å². The second-order valence-electron chi connectivity index (χ2n) is 3.83. The second kappa shape index (κ2) is 7.30. The van der Waals surface area contributed by atoms with Crippen molar-refractivity contribution in [3.63, 3.8) is 0 Å². The van der Waals surface area contributed by atoms with Crippen molar-refractivity contribution in [3.05, 3.63) is 47.5 Å². The van der Waals surface area contributed by atoms with E-state index < -0.39 is 11.8 Å². The first-order valence-corrected chi connectivity index (χ1v) is 7.10. The fourth-order valence-electron chi connectivity index (χ4n) is 1.50. The standard InChI is InChI=1S/C14H13N3O3S/c1-2-20-13(19)11(16-17-14-15-8-9-21-14)12(18)10-6-4-3-5-7-10/h3-9H,2H2,1H3,(H,15,17)/b16-11-. The molecule has 0 saturated carbocycles. The van der Waals surface area contributed by atoms with Crippen molar-refractivity contribution in [1.82, 2.24) is 4.98 Å². The minimum Gasteiger partial charge on any atom is -0.461 e. The molecule has 7 heteroatoms. The number of thiazole rings is 1. The number of anilines is 1. The van der Waals surface area contributed by atoms with Crippen LogP contribution < -0.4 is 5.43 Å². The van der Waals surface area contributed by atoms with Crippen LogP contribution in [0.2, 0.25) is 0 Å². The maximum Gasteiger partial charge on any atom is 0.362 e. The van der Waals surface area contributed by atoms with E-state index in [0.29, 0.717) is 10.7 Å². The fraction of sp³-hybridized carbons (Fsp3) is 0.143. The van der Waals surface area contributed by atoms with Crippen molar-refractivity contribution in [3.8, 4) is 0 Å². The van der Waals surface area contributed by atoms with Gasteiger partial charge in [0, 0.05) is 17.1 Å². The van der Waals surface area contributed by atoms with Gasteiger partial charge < -0.3 is 4.74 Å². The highest BCUT2D eigenvalue weighted by atomic mass is 32.1. The van der Waals surface area contributed by atoms with Crippen LogP contribution in [0.25, 0.3) is 0 Å². The molecule has 1 N–H and O–H groups in total. The van der Waals surface area contributed by atoms with Crippen molar-refractivity contribution < 1.29 is 14.3 Å². The monoisotopic (exact) mass is 303 g/mol. The van der Waals surface area contributed by atoms with E-state index in [-0.39, 0.29) is 12.3 Å². The molecule has 0 aliphatic heterocycles. The summed E-state index contributed by atoms with van der Waals surface area (Å²) in [6.07, 6.45) is 1.59. The summed E-state index contributed by atoms with van der Waals surface area (Å²) in [5.41, 5.74) is 2.65. The van der Waals surface area contributed by atoms with Crippen LogP contribution in [0.3, 0.4) is 0 Å². The lowest BCUT2D eigenvalue weighted by Crippen LogP contribution is -2.27. The Morgan fingerprint density at radius 3 is 2.71 bits per heavy atom. The highest BCUT2D eigenvalue weighted by Gasteiger charge is 2.23. The third kappa shape index (κ3) is 3.96. The zero-order valence-corrected chi connectivity index (χ0v) is 12.1. The summed E-state index contributed by atoms with van der Waals surface area (Å²) in [5, 5.41) is 6.09. The van der Waals surface area contributed by atoms with E-state index >= 15 is 0 Å². The van der Waals surface area contributed by atoms with E-state index in [1.165, 1.54) is 11.3 Å². The first-order valence-electron chi connectivity index (χ1n) is 6.22. The van der Waals surface area contributed by atoms with Gasteiger partial charge in [0.25, 0.3) is 0 Å². The number of aromatic nitrogens is 1. The molecule has 1 heterocycles. The minimum absolute atomic E-state index is 0.164. The van der Waals surface area contributed by atoms with Crippen LogP contribution in [0.4, 0.5) is 5.13 Å². The summed E-state index contributed by atoms with van der Waals surface area (Å²) < 4.78 is 4.87. The van der Waals surface area contributed by atoms with Gasteiger partial charge in [-0.1, -0.05) is 30.3 Å². The summed E-state index contributed by atoms with van der Waals surface area (Å²) in [5.74, 6) is -1.27. The Bertz CT molecular complexity index is 639. The predicted molar refractivity (Wildman–Crippen MR) is 80.6 cm³/mol. The average molecular weight is 303 g/mol. The number of ether oxygens (including phenoxy) is 1. The molecule has 21 heavy (non-hydrogen) atoms. The number of carbonyl (C=O) groups is 2. The molecule has 0 fully saturated rings. The van der Waals surface area contributed by atoms with Gasteiger partial charge in [-0.2, -0.15) is 5.10 Å². The lowest BCUT2D eigenvalue weighted by Gasteiger charge is -2.05. The number of hydrazone groups is 1. The molecule has 0 unspecified atom stereocenters. The molecule has 2 aromatic rings. The number of nitrogens with one attached hydrogen (secondary N) is 1. The Morgan fingerprint density at radius 2 is 2.10 bits per heavy atom. The lowest BCUT2D eigenvalue weighted by molar-refractivity contribution is -0.134. The molecule has 0 atom stereocenters. The molecule has 0 radical (unpaired) electrons. The smallest absolute Gasteiger partial charge is 0.362 e. The number of nitrogens with zero attached hydrogens (tertiary/aromatic N) is 2. The zero-order chi connectivity index (χ0) is 15.1. The van der Waals surface area contributed by atoms with E-state index in [1.807, 2.05) is 0 Å². The minimum atomic E-state index is -0.768. The van der Waals surface area contributed by atoms with Crippen LogP contribution >= 0.6 is 11.3 Å². The zero-order valence-electron chi connectivity index (χ0n) is 11.3. The van der Waals surface area contributed by atoms with Gasteiger partial charge in [-0.3, -0.25) is 10.2 Å². The van der Waals surface area contributed by atoms with E-state index in [0.717, 1.165) is 0 Å². The number of carbonyl (C=O) groups excluding carboxylic acids is 2. The number of ketones is 1. The van der Waals surface area contributed by atoms with Gasteiger partial charge in [-0.05, 0) is 6.92 Å². The van der Waals surface area contributed by atoms with Crippen LogP contribution in [0.5, 0.6) is 0 Å². The van der Waals surface area contributed by atoms with E-state index in [4.69, 9.17) is 4.74 Å². The van der Waals surface area contributed by atoms with Gasteiger partial charge in [0.15, 0.2) is 0 Å². The SMILES string of the molecule is CCOC(=O)/C(=N\Nc1nccs1)C(=O)c1ccccc1. The molecule has 0 aliphatic rings. The van der Waals surface area contributed by atoms with Crippen LogP contribution in [-0.4, -0.2) is 29.1 Å². The molecule has 1 aromatic heterocycles. The normalized spacial score (nSPS) is 11.0. The van der Waals surface area contributed by atoms with Crippen molar-refractivity contribution in [2.45, 2.75) is 6.92 Å². The largest absolute Gasteiger partial charge is 0.461 e. The maximum atomic E-state index is 12.3. The molecule has 0 spiro atoms. The Kier molecular flexibility index (Phi) is 5.16.